The number of hydrogen-bond acceptors (Lipinski definition) is 5. The van der Waals surface area contributed by atoms with Gasteiger partial charge in [0.15, 0.2) is 0 Å². The van der Waals surface area contributed by atoms with Crippen molar-refractivity contribution in [3.05, 3.63) is 88.4 Å². The number of ether oxygens (including phenoxy) is 1. The highest BCUT2D eigenvalue weighted by Crippen LogP contribution is 2.28. The quantitative estimate of drug-likeness (QED) is 0.198. The lowest BCUT2D eigenvalue weighted by Gasteiger charge is -2.33. The molecule has 1 atom stereocenters. The molecule has 0 heterocycles. The van der Waals surface area contributed by atoms with Crippen LogP contribution in [-0.4, -0.2) is 50.9 Å². The first-order valence-corrected chi connectivity index (χ1v) is 16.1. The molecule has 11 heteroatoms. The summed E-state index contributed by atoms with van der Waals surface area (Å²) in [6.45, 7) is 6.03. The molecular formula is C31H37Cl2N3O5S. The molecule has 3 aromatic carbocycles. The molecule has 2 amide bonds. The maximum Gasteiger partial charge on any atom is 0.264 e. The third kappa shape index (κ3) is 8.63. The molecule has 1 N–H and O–H groups in total. The zero-order chi connectivity index (χ0) is 30.7. The molecule has 0 radical (unpaired) electrons. The first-order chi connectivity index (χ1) is 20.1. The average Bonchev–Trinajstić information content (AvgIpc) is 2.98. The fraction of sp³-hybridized carbons (Fsp3) is 0.355. The minimum absolute atomic E-state index is 0.0168. The molecule has 0 fully saturated rings. The minimum Gasteiger partial charge on any atom is -0.494 e. The number of rotatable bonds is 15. The van der Waals surface area contributed by atoms with Gasteiger partial charge in [0, 0.05) is 23.1 Å². The fourth-order valence-corrected chi connectivity index (χ4v) is 6.29. The van der Waals surface area contributed by atoms with E-state index in [-0.39, 0.29) is 23.0 Å². The van der Waals surface area contributed by atoms with Crippen molar-refractivity contribution in [1.82, 2.24) is 10.2 Å². The molecule has 0 aliphatic carbocycles. The van der Waals surface area contributed by atoms with Gasteiger partial charge in [-0.1, -0.05) is 67.7 Å². The second-order valence-electron chi connectivity index (χ2n) is 9.58. The molecule has 0 saturated carbocycles. The summed E-state index contributed by atoms with van der Waals surface area (Å²) in [4.78, 5) is 28.8. The van der Waals surface area contributed by atoms with Crippen LogP contribution in [-0.2, 0) is 26.2 Å². The average molecular weight is 635 g/mol. The van der Waals surface area contributed by atoms with E-state index < -0.39 is 28.5 Å². The Balaban J connectivity index is 2.05. The van der Waals surface area contributed by atoms with Gasteiger partial charge in [0.2, 0.25) is 11.8 Å². The molecule has 3 aromatic rings. The highest BCUT2D eigenvalue weighted by atomic mass is 35.5. The number of sulfonamides is 1. The highest BCUT2D eigenvalue weighted by Gasteiger charge is 2.34. The summed E-state index contributed by atoms with van der Waals surface area (Å²) >= 11 is 12.6. The van der Waals surface area contributed by atoms with Crippen LogP contribution in [0.1, 0.15) is 45.6 Å². The molecule has 0 unspecified atom stereocenters. The monoisotopic (exact) mass is 633 g/mol. The number of carbonyl (C=O) groups excluding carboxylic acids is 2. The number of anilines is 1. The number of hydrogen-bond donors (Lipinski definition) is 1. The van der Waals surface area contributed by atoms with Gasteiger partial charge < -0.3 is 15.0 Å². The van der Waals surface area contributed by atoms with Crippen LogP contribution >= 0.6 is 23.2 Å². The summed E-state index contributed by atoms with van der Waals surface area (Å²) in [5.41, 5.74) is 0.855. The van der Waals surface area contributed by atoms with E-state index in [9.17, 15) is 18.0 Å². The van der Waals surface area contributed by atoms with Crippen LogP contribution in [0.25, 0.3) is 0 Å². The van der Waals surface area contributed by atoms with E-state index in [0.29, 0.717) is 40.9 Å². The normalized spacial score (nSPS) is 11.9. The largest absolute Gasteiger partial charge is 0.494 e. The van der Waals surface area contributed by atoms with Gasteiger partial charge in [-0.05, 0) is 73.9 Å². The Hall–Kier alpha value is -3.27. The molecule has 42 heavy (non-hydrogen) atoms. The third-order valence-electron chi connectivity index (χ3n) is 6.62. The van der Waals surface area contributed by atoms with Gasteiger partial charge in [0.05, 0.1) is 17.2 Å². The van der Waals surface area contributed by atoms with E-state index >= 15 is 0 Å². The number of amides is 2. The first-order valence-electron chi connectivity index (χ1n) is 13.9. The van der Waals surface area contributed by atoms with Crippen LogP contribution in [0.2, 0.25) is 10.0 Å². The molecule has 0 aliphatic heterocycles. The van der Waals surface area contributed by atoms with Crippen molar-refractivity contribution in [1.29, 1.82) is 0 Å². The maximum atomic E-state index is 14.1. The van der Waals surface area contributed by atoms with Crippen LogP contribution < -0.4 is 14.4 Å². The van der Waals surface area contributed by atoms with Crippen molar-refractivity contribution < 1.29 is 22.7 Å². The minimum atomic E-state index is -4.16. The molecule has 0 spiro atoms. The number of nitrogens with zero attached hydrogens (tertiary/aromatic N) is 2. The SMILES string of the molecule is CCCCNC(=O)[C@H](CC)N(Cc1ccc(Cl)cc1Cl)C(=O)CN(c1ccc(OCC)cc1)S(=O)(=O)c1ccccc1. The molecule has 8 nitrogen and oxygen atoms in total. The van der Waals surface area contributed by atoms with Crippen molar-refractivity contribution in [3.63, 3.8) is 0 Å². The Bertz CT molecular complexity index is 1440. The van der Waals surface area contributed by atoms with E-state index in [1.165, 1.54) is 17.0 Å². The van der Waals surface area contributed by atoms with E-state index in [1.807, 2.05) is 13.8 Å². The Kier molecular flexibility index (Phi) is 12.5. The second kappa shape index (κ2) is 15.8. The van der Waals surface area contributed by atoms with Gasteiger partial charge in [-0.15, -0.1) is 0 Å². The van der Waals surface area contributed by atoms with E-state index in [2.05, 4.69) is 5.32 Å². The molecule has 0 saturated heterocycles. The molecule has 226 valence electrons. The summed E-state index contributed by atoms with van der Waals surface area (Å²) in [6.07, 6.45) is 2.00. The van der Waals surface area contributed by atoms with Gasteiger partial charge in [-0.25, -0.2) is 8.42 Å². The molecule has 0 aliphatic rings. The lowest BCUT2D eigenvalue weighted by atomic mass is 10.1. The Morgan fingerprint density at radius 1 is 0.952 bits per heavy atom. The van der Waals surface area contributed by atoms with Crippen molar-refractivity contribution in [2.75, 3.05) is 24.0 Å². The lowest BCUT2D eigenvalue weighted by Crippen LogP contribution is -2.52. The smallest absolute Gasteiger partial charge is 0.264 e. The standard InChI is InChI=1S/C31H37Cl2N3O5S/c1-4-7-19-34-31(38)29(5-2)35(21-23-13-14-24(32)20-28(23)33)30(37)22-36(25-15-17-26(18-16-25)41-6-3)42(39,40)27-11-9-8-10-12-27/h8-18,20,29H,4-7,19,21-22H2,1-3H3,(H,34,38)/t29-/m0/s1. The summed E-state index contributed by atoms with van der Waals surface area (Å²) < 4.78 is 34.4. The van der Waals surface area contributed by atoms with Crippen LogP contribution in [0.4, 0.5) is 5.69 Å². The number of unbranched alkanes of at least 4 members (excludes halogenated alkanes) is 1. The van der Waals surface area contributed by atoms with E-state index in [0.717, 1.165) is 17.1 Å². The summed E-state index contributed by atoms with van der Waals surface area (Å²) in [7, 11) is -4.16. The van der Waals surface area contributed by atoms with Crippen LogP contribution in [0.15, 0.2) is 77.7 Å². The lowest BCUT2D eigenvalue weighted by molar-refractivity contribution is -0.140. The fourth-order valence-electron chi connectivity index (χ4n) is 4.38. The Labute approximate surface area is 258 Å². The topological polar surface area (TPSA) is 96.0 Å². The van der Waals surface area contributed by atoms with E-state index in [4.69, 9.17) is 27.9 Å². The number of halogens is 2. The van der Waals surface area contributed by atoms with Gasteiger partial charge in [-0.2, -0.15) is 0 Å². The number of carbonyl (C=O) groups is 2. The van der Waals surface area contributed by atoms with Crippen LogP contribution in [0.5, 0.6) is 5.75 Å². The number of nitrogens with one attached hydrogen (secondary N) is 1. The van der Waals surface area contributed by atoms with Crippen molar-refractivity contribution in [2.24, 2.45) is 0 Å². The second-order valence-corrected chi connectivity index (χ2v) is 12.3. The Morgan fingerprint density at radius 2 is 1.64 bits per heavy atom. The van der Waals surface area contributed by atoms with Gasteiger partial charge in [-0.3, -0.25) is 13.9 Å². The first kappa shape index (κ1) is 33.2. The number of benzene rings is 3. The van der Waals surface area contributed by atoms with Crippen LogP contribution in [0.3, 0.4) is 0 Å². The van der Waals surface area contributed by atoms with Gasteiger partial charge in [0.25, 0.3) is 10.0 Å². The van der Waals surface area contributed by atoms with Crippen molar-refractivity contribution in [2.45, 2.75) is 57.5 Å². The molecular weight excluding hydrogens is 597 g/mol. The summed E-state index contributed by atoms with van der Waals surface area (Å²) in [5.74, 6) is -0.312. The Morgan fingerprint density at radius 3 is 2.24 bits per heavy atom. The predicted octanol–water partition coefficient (Wildman–Crippen LogP) is 6.31. The maximum absolute atomic E-state index is 14.1. The summed E-state index contributed by atoms with van der Waals surface area (Å²) in [6, 6.07) is 18.4. The zero-order valence-corrected chi connectivity index (χ0v) is 26.4. The highest BCUT2D eigenvalue weighted by molar-refractivity contribution is 7.92. The molecule has 3 rings (SSSR count). The van der Waals surface area contributed by atoms with Crippen molar-refractivity contribution in [3.8, 4) is 5.75 Å². The molecule has 0 bridgehead atoms. The van der Waals surface area contributed by atoms with Crippen LogP contribution in [0, 0.1) is 0 Å². The van der Waals surface area contributed by atoms with Crippen molar-refractivity contribution >= 4 is 50.7 Å². The zero-order valence-electron chi connectivity index (χ0n) is 24.1. The van der Waals surface area contributed by atoms with Gasteiger partial charge in [0.1, 0.15) is 18.3 Å². The van der Waals surface area contributed by atoms with Gasteiger partial charge >= 0.3 is 0 Å². The summed E-state index contributed by atoms with van der Waals surface area (Å²) in [5, 5.41) is 3.67. The molecule has 0 aromatic heterocycles. The third-order valence-corrected chi connectivity index (χ3v) is 8.99. The predicted molar refractivity (Wildman–Crippen MR) is 168 cm³/mol. The van der Waals surface area contributed by atoms with E-state index in [1.54, 1.807) is 67.6 Å².